The van der Waals surface area contributed by atoms with Gasteiger partial charge in [-0.1, -0.05) is 30.3 Å². The molecule has 1 rings (SSSR count). The van der Waals surface area contributed by atoms with E-state index in [2.05, 4.69) is 10.6 Å². The largest absolute Gasteiger partial charge is 0.348 e. The maximum atomic E-state index is 11.4. The second-order valence-electron chi connectivity index (χ2n) is 4.47. The number of hydrogen-bond donors (Lipinski definition) is 2. The lowest BCUT2D eigenvalue weighted by Crippen LogP contribution is -2.43. The van der Waals surface area contributed by atoms with Gasteiger partial charge in [0.05, 0.1) is 0 Å². The molecule has 98 valence electrons. The minimum Gasteiger partial charge on any atom is -0.348 e. The van der Waals surface area contributed by atoms with Crippen LogP contribution in [0.3, 0.4) is 0 Å². The molecule has 4 heteroatoms. The molecule has 0 spiro atoms. The molecule has 2 N–H and O–H groups in total. The fourth-order valence-corrected chi connectivity index (χ4v) is 1.55. The Kier molecular flexibility index (Phi) is 5.91. The summed E-state index contributed by atoms with van der Waals surface area (Å²) in [7, 11) is 0. The molecule has 0 aliphatic rings. The zero-order valence-electron chi connectivity index (χ0n) is 10.9. The molecule has 0 saturated heterocycles. The van der Waals surface area contributed by atoms with E-state index < -0.39 is 11.8 Å². The van der Waals surface area contributed by atoms with Gasteiger partial charge >= 0.3 is 11.8 Å². The van der Waals surface area contributed by atoms with Gasteiger partial charge in [0.1, 0.15) is 0 Å². The van der Waals surface area contributed by atoms with Crippen LogP contribution in [0, 0.1) is 0 Å². The van der Waals surface area contributed by atoms with Crippen molar-refractivity contribution in [2.75, 3.05) is 6.54 Å². The maximum absolute atomic E-state index is 11.4. The number of nitrogens with one attached hydrogen (secondary N) is 2. The number of carbonyl (C=O) groups excluding carboxylic acids is 2. The lowest BCUT2D eigenvalue weighted by atomic mass is 10.1. The van der Waals surface area contributed by atoms with Gasteiger partial charge in [-0.05, 0) is 32.3 Å². The summed E-state index contributed by atoms with van der Waals surface area (Å²) in [5.41, 5.74) is 1.23. The molecule has 0 unspecified atom stereocenters. The standard InChI is InChI=1S/C14H20N2O2/c1-11(2)16-14(18)13(17)15-10-6-9-12-7-4-3-5-8-12/h3-5,7-8,11H,6,9-10H2,1-2H3,(H,15,17)(H,16,18). The average Bonchev–Trinajstić information content (AvgIpc) is 2.34. The number of hydrogen-bond acceptors (Lipinski definition) is 2. The van der Waals surface area contributed by atoms with E-state index in [-0.39, 0.29) is 6.04 Å². The molecule has 1 aromatic rings. The van der Waals surface area contributed by atoms with E-state index in [1.807, 2.05) is 44.2 Å². The summed E-state index contributed by atoms with van der Waals surface area (Å²) in [5, 5.41) is 5.16. The van der Waals surface area contributed by atoms with Gasteiger partial charge in [0.25, 0.3) is 0 Å². The van der Waals surface area contributed by atoms with E-state index >= 15 is 0 Å². The van der Waals surface area contributed by atoms with Crippen molar-refractivity contribution >= 4 is 11.8 Å². The molecule has 0 aliphatic carbocycles. The van der Waals surface area contributed by atoms with Gasteiger partial charge in [0.15, 0.2) is 0 Å². The van der Waals surface area contributed by atoms with Gasteiger partial charge in [0.2, 0.25) is 0 Å². The van der Waals surface area contributed by atoms with E-state index in [9.17, 15) is 9.59 Å². The van der Waals surface area contributed by atoms with E-state index in [0.29, 0.717) is 6.54 Å². The molecule has 4 nitrogen and oxygen atoms in total. The Morgan fingerprint density at radius 1 is 1.11 bits per heavy atom. The van der Waals surface area contributed by atoms with E-state index in [4.69, 9.17) is 0 Å². The molecule has 18 heavy (non-hydrogen) atoms. The summed E-state index contributed by atoms with van der Waals surface area (Å²) in [6, 6.07) is 10.0. The molecule has 0 radical (unpaired) electrons. The topological polar surface area (TPSA) is 58.2 Å². The first-order chi connectivity index (χ1) is 8.59. The van der Waals surface area contributed by atoms with E-state index in [1.54, 1.807) is 0 Å². The summed E-state index contributed by atoms with van der Waals surface area (Å²) >= 11 is 0. The number of rotatable bonds is 5. The molecule has 0 atom stereocenters. The molecule has 0 bridgehead atoms. The first-order valence-corrected chi connectivity index (χ1v) is 6.22. The van der Waals surface area contributed by atoms with Gasteiger partial charge in [-0.2, -0.15) is 0 Å². The molecule has 2 amide bonds. The predicted molar refractivity (Wildman–Crippen MR) is 71.1 cm³/mol. The highest BCUT2D eigenvalue weighted by molar-refractivity contribution is 6.35. The van der Waals surface area contributed by atoms with Crippen molar-refractivity contribution in [2.45, 2.75) is 32.7 Å². The van der Waals surface area contributed by atoms with Crippen LogP contribution in [0.15, 0.2) is 30.3 Å². The lowest BCUT2D eigenvalue weighted by molar-refractivity contribution is -0.139. The lowest BCUT2D eigenvalue weighted by Gasteiger charge is -2.08. The molecule has 0 aromatic heterocycles. The SMILES string of the molecule is CC(C)NC(=O)C(=O)NCCCc1ccccc1. The van der Waals surface area contributed by atoms with Crippen LogP contribution in [0.1, 0.15) is 25.8 Å². The van der Waals surface area contributed by atoms with Gasteiger partial charge in [-0.25, -0.2) is 0 Å². The predicted octanol–water partition coefficient (Wildman–Crippen LogP) is 1.26. The van der Waals surface area contributed by atoms with Gasteiger partial charge in [0, 0.05) is 12.6 Å². The van der Waals surface area contributed by atoms with Crippen LogP contribution in [-0.2, 0) is 16.0 Å². The van der Waals surface area contributed by atoms with Crippen molar-refractivity contribution in [1.29, 1.82) is 0 Å². The first-order valence-electron chi connectivity index (χ1n) is 6.22. The Labute approximate surface area is 108 Å². The molecule has 0 aliphatic heterocycles. The smallest absolute Gasteiger partial charge is 0.309 e. The Bertz CT molecular complexity index is 388. The third-order valence-electron chi connectivity index (χ3n) is 2.40. The minimum absolute atomic E-state index is 0.0208. The van der Waals surface area contributed by atoms with Crippen molar-refractivity contribution in [2.24, 2.45) is 0 Å². The molecule has 0 fully saturated rings. The number of aryl methyl sites for hydroxylation is 1. The van der Waals surface area contributed by atoms with Crippen molar-refractivity contribution in [3.8, 4) is 0 Å². The van der Waals surface area contributed by atoms with E-state index in [0.717, 1.165) is 12.8 Å². The summed E-state index contributed by atoms with van der Waals surface area (Å²) in [6.45, 7) is 4.15. The Morgan fingerprint density at radius 2 is 1.78 bits per heavy atom. The van der Waals surface area contributed by atoms with Crippen LogP contribution in [0.2, 0.25) is 0 Å². The Hall–Kier alpha value is -1.84. The minimum atomic E-state index is -0.565. The number of benzene rings is 1. The highest BCUT2D eigenvalue weighted by Gasteiger charge is 2.12. The van der Waals surface area contributed by atoms with Crippen molar-refractivity contribution < 1.29 is 9.59 Å². The first kappa shape index (κ1) is 14.2. The highest BCUT2D eigenvalue weighted by Crippen LogP contribution is 2.01. The molecule has 1 aromatic carbocycles. The molecule has 0 saturated carbocycles. The average molecular weight is 248 g/mol. The van der Waals surface area contributed by atoms with Crippen molar-refractivity contribution in [3.05, 3.63) is 35.9 Å². The number of carbonyl (C=O) groups is 2. The molecular formula is C14H20N2O2. The van der Waals surface area contributed by atoms with Gasteiger partial charge in [-0.3, -0.25) is 9.59 Å². The summed E-state index contributed by atoms with van der Waals surface area (Å²) < 4.78 is 0. The van der Waals surface area contributed by atoms with Crippen molar-refractivity contribution in [3.63, 3.8) is 0 Å². The van der Waals surface area contributed by atoms with Crippen molar-refractivity contribution in [1.82, 2.24) is 10.6 Å². The second-order valence-corrected chi connectivity index (χ2v) is 4.47. The van der Waals surface area contributed by atoms with Crippen LogP contribution in [0.25, 0.3) is 0 Å². The van der Waals surface area contributed by atoms with Crippen LogP contribution in [0.5, 0.6) is 0 Å². The summed E-state index contributed by atoms with van der Waals surface area (Å²) in [4.78, 5) is 22.7. The second kappa shape index (κ2) is 7.48. The van der Waals surface area contributed by atoms with Crippen LogP contribution in [-0.4, -0.2) is 24.4 Å². The fourth-order valence-electron chi connectivity index (χ4n) is 1.55. The Balaban J connectivity index is 2.18. The zero-order valence-corrected chi connectivity index (χ0v) is 10.9. The normalized spacial score (nSPS) is 10.2. The zero-order chi connectivity index (χ0) is 13.4. The van der Waals surface area contributed by atoms with E-state index in [1.165, 1.54) is 5.56 Å². The van der Waals surface area contributed by atoms with Crippen LogP contribution >= 0.6 is 0 Å². The summed E-state index contributed by atoms with van der Waals surface area (Å²) in [5.74, 6) is -1.12. The van der Waals surface area contributed by atoms with Gasteiger partial charge in [-0.15, -0.1) is 0 Å². The fraction of sp³-hybridized carbons (Fsp3) is 0.429. The molecule has 0 heterocycles. The third kappa shape index (κ3) is 5.48. The van der Waals surface area contributed by atoms with Gasteiger partial charge < -0.3 is 10.6 Å². The molecular weight excluding hydrogens is 228 g/mol. The monoisotopic (exact) mass is 248 g/mol. The Morgan fingerprint density at radius 3 is 2.39 bits per heavy atom. The third-order valence-corrected chi connectivity index (χ3v) is 2.40. The highest BCUT2D eigenvalue weighted by atomic mass is 16.2. The quantitative estimate of drug-likeness (QED) is 0.609. The maximum Gasteiger partial charge on any atom is 0.309 e. The summed E-state index contributed by atoms with van der Waals surface area (Å²) in [6.07, 6.45) is 1.72. The number of amides is 2. The van der Waals surface area contributed by atoms with Crippen LogP contribution in [0.4, 0.5) is 0 Å². The van der Waals surface area contributed by atoms with Crippen LogP contribution < -0.4 is 10.6 Å².